The molecule has 0 fully saturated rings. The van der Waals surface area contributed by atoms with Crippen molar-refractivity contribution in [1.29, 1.82) is 0 Å². The summed E-state index contributed by atoms with van der Waals surface area (Å²) in [6.45, 7) is 1.91. The Kier molecular flexibility index (Phi) is 4.31. The molecular formula is C9H13BrN2O4S. The standard InChI is InChI=1S/C9H13BrN2O4S/c1-3-6-9(10)7(12(2)11-6)4-17(15,16)5-8(13)14/h3-5H2,1-2H3,(H,13,14). The number of carboxylic acid groups (broad SMARTS) is 1. The van der Waals surface area contributed by atoms with Gasteiger partial charge in [0.2, 0.25) is 0 Å². The molecule has 0 aromatic carbocycles. The van der Waals surface area contributed by atoms with E-state index in [1.54, 1.807) is 7.05 Å². The van der Waals surface area contributed by atoms with Gasteiger partial charge in [0.1, 0.15) is 5.75 Å². The summed E-state index contributed by atoms with van der Waals surface area (Å²) in [4.78, 5) is 10.4. The first-order valence-electron chi connectivity index (χ1n) is 4.89. The predicted octanol–water partition coefficient (Wildman–Crippen LogP) is 0.744. The van der Waals surface area contributed by atoms with E-state index in [4.69, 9.17) is 5.11 Å². The van der Waals surface area contributed by atoms with E-state index in [-0.39, 0.29) is 5.75 Å². The van der Waals surface area contributed by atoms with Crippen LogP contribution in [0.2, 0.25) is 0 Å². The average Bonchev–Trinajstić information content (AvgIpc) is 2.42. The number of aliphatic carboxylic acids is 1. The lowest BCUT2D eigenvalue weighted by Gasteiger charge is -2.03. The molecule has 0 saturated carbocycles. The number of hydrogen-bond acceptors (Lipinski definition) is 4. The molecule has 0 aliphatic carbocycles. The molecule has 96 valence electrons. The van der Waals surface area contributed by atoms with Gasteiger partial charge in [0, 0.05) is 7.05 Å². The Bertz CT molecular complexity index is 535. The Balaban J connectivity index is 3.03. The summed E-state index contributed by atoms with van der Waals surface area (Å²) in [7, 11) is -2.03. The average molecular weight is 325 g/mol. The van der Waals surface area contributed by atoms with E-state index < -0.39 is 21.6 Å². The highest BCUT2D eigenvalue weighted by molar-refractivity contribution is 9.10. The summed E-state index contributed by atoms with van der Waals surface area (Å²) >= 11 is 3.29. The summed E-state index contributed by atoms with van der Waals surface area (Å²) < 4.78 is 25.2. The Morgan fingerprint density at radius 2 is 2.12 bits per heavy atom. The van der Waals surface area contributed by atoms with E-state index in [1.807, 2.05) is 6.92 Å². The minimum Gasteiger partial charge on any atom is -0.480 e. The summed E-state index contributed by atoms with van der Waals surface area (Å²) in [6.07, 6.45) is 0.674. The fourth-order valence-electron chi connectivity index (χ4n) is 1.42. The summed E-state index contributed by atoms with van der Waals surface area (Å²) in [5.41, 5.74) is 1.23. The van der Waals surface area contributed by atoms with E-state index in [9.17, 15) is 13.2 Å². The Morgan fingerprint density at radius 1 is 1.53 bits per heavy atom. The van der Waals surface area contributed by atoms with Gasteiger partial charge in [-0.25, -0.2) is 8.42 Å². The van der Waals surface area contributed by atoms with Crippen molar-refractivity contribution in [3.05, 3.63) is 15.9 Å². The molecule has 0 aliphatic heterocycles. The Morgan fingerprint density at radius 3 is 2.53 bits per heavy atom. The summed E-state index contributed by atoms with van der Waals surface area (Å²) in [5, 5.41) is 12.7. The SMILES string of the molecule is CCc1nn(C)c(CS(=O)(=O)CC(=O)O)c1Br. The van der Waals surface area contributed by atoms with Crippen LogP contribution in [0.25, 0.3) is 0 Å². The first kappa shape index (κ1) is 14.2. The van der Waals surface area contributed by atoms with Gasteiger partial charge < -0.3 is 5.11 Å². The predicted molar refractivity (Wildman–Crippen MR) is 65.4 cm³/mol. The molecule has 0 bridgehead atoms. The topological polar surface area (TPSA) is 89.3 Å². The lowest BCUT2D eigenvalue weighted by atomic mass is 10.3. The molecule has 8 heteroatoms. The maximum Gasteiger partial charge on any atom is 0.318 e. The molecule has 1 aromatic heterocycles. The maximum absolute atomic E-state index is 11.6. The highest BCUT2D eigenvalue weighted by Gasteiger charge is 2.22. The first-order valence-corrected chi connectivity index (χ1v) is 7.50. The number of carbonyl (C=O) groups is 1. The van der Waals surface area contributed by atoms with Gasteiger partial charge in [-0.15, -0.1) is 0 Å². The van der Waals surface area contributed by atoms with Crippen LogP contribution < -0.4 is 0 Å². The van der Waals surface area contributed by atoms with Gasteiger partial charge in [-0.1, -0.05) is 6.92 Å². The molecule has 17 heavy (non-hydrogen) atoms. The zero-order valence-corrected chi connectivity index (χ0v) is 11.9. The fourth-order valence-corrected chi connectivity index (χ4v) is 3.59. The Labute approximate surface area is 108 Å². The lowest BCUT2D eigenvalue weighted by molar-refractivity contribution is -0.134. The van der Waals surface area contributed by atoms with Crippen molar-refractivity contribution in [2.24, 2.45) is 7.05 Å². The van der Waals surface area contributed by atoms with Crippen LogP contribution >= 0.6 is 15.9 Å². The normalized spacial score (nSPS) is 11.7. The van der Waals surface area contributed by atoms with Gasteiger partial charge >= 0.3 is 5.97 Å². The minimum atomic E-state index is -3.66. The molecule has 0 saturated heterocycles. The molecule has 0 aliphatic rings. The molecule has 1 heterocycles. The highest BCUT2D eigenvalue weighted by atomic mass is 79.9. The van der Waals surface area contributed by atoms with Gasteiger partial charge in [0.05, 0.1) is 21.6 Å². The lowest BCUT2D eigenvalue weighted by Crippen LogP contribution is -2.18. The van der Waals surface area contributed by atoms with Crippen molar-refractivity contribution in [2.45, 2.75) is 19.1 Å². The van der Waals surface area contributed by atoms with E-state index in [2.05, 4.69) is 21.0 Å². The monoisotopic (exact) mass is 324 g/mol. The number of aryl methyl sites for hydroxylation is 2. The Hall–Kier alpha value is -0.890. The highest BCUT2D eigenvalue weighted by Crippen LogP contribution is 2.23. The number of rotatable bonds is 5. The number of nitrogens with zero attached hydrogens (tertiary/aromatic N) is 2. The smallest absolute Gasteiger partial charge is 0.318 e. The number of carboxylic acids is 1. The summed E-state index contributed by atoms with van der Waals surface area (Å²) in [5.74, 6) is -2.55. The zero-order valence-electron chi connectivity index (χ0n) is 9.47. The van der Waals surface area contributed by atoms with Crippen LogP contribution in [-0.2, 0) is 33.9 Å². The molecule has 1 aromatic rings. The molecule has 6 nitrogen and oxygen atoms in total. The molecule has 0 atom stereocenters. The fraction of sp³-hybridized carbons (Fsp3) is 0.556. The van der Waals surface area contributed by atoms with Crippen LogP contribution in [0.1, 0.15) is 18.3 Å². The number of halogens is 1. The van der Waals surface area contributed by atoms with E-state index >= 15 is 0 Å². The van der Waals surface area contributed by atoms with E-state index in [0.29, 0.717) is 16.6 Å². The van der Waals surface area contributed by atoms with Crippen LogP contribution in [0.4, 0.5) is 0 Å². The quantitative estimate of drug-likeness (QED) is 0.863. The molecule has 1 N–H and O–H groups in total. The second-order valence-corrected chi connectivity index (χ2v) is 6.47. The van der Waals surface area contributed by atoms with Crippen LogP contribution in [0.5, 0.6) is 0 Å². The van der Waals surface area contributed by atoms with Crippen molar-refractivity contribution >= 4 is 31.7 Å². The third-order valence-electron chi connectivity index (χ3n) is 2.20. The van der Waals surface area contributed by atoms with Gasteiger partial charge in [-0.3, -0.25) is 9.48 Å². The second-order valence-electron chi connectivity index (χ2n) is 3.61. The van der Waals surface area contributed by atoms with Crippen molar-refractivity contribution in [3.63, 3.8) is 0 Å². The molecule has 0 spiro atoms. The van der Waals surface area contributed by atoms with Gasteiger partial charge in [0.15, 0.2) is 9.84 Å². The third kappa shape index (κ3) is 3.53. The summed E-state index contributed by atoms with van der Waals surface area (Å²) in [6, 6.07) is 0. The maximum atomic E-state index is 11.6. The van der Waals surface area contributed by atoms with Gasteiger partial charge in [-0.2, -0.15) is 5.10 Å². The number of sulfone groups is 1. The van der Waals surface area contributed by atoms with Gasteiger partial charge in [-0.05, 0) is 22.4 Å². The van der Waals surface area contributed by atoms with Crippen LogP contribution in [0.15, 0.2) is 4.47 Å². The van der Waals surface area contributed by atoms with Gasteiger partial charge in [0.25, 0.3) is 0 Å². The van der Waals surface area contributed by atoms with E-state index in [1.165, 1.54) is 4.68 Å². The number of hydrogen-bond donors (Lipinski definition) is 1. The second kappa shape index (κ2) is 5.18. The van der Waals surface area contributed by atoms with Crippen LogP contribution in [-0.4, -0.2) is 35.0 Å². The minimum absolute atomic E-state index is 0.330. The molecule has 0 amide bonds. The van der Waals surface area contributed by atoms with Crippen molar-refractivity contribution in [3.8, 4) is 0 Å². The molecule has 0 radical (unpaired) electrons. The van der Waals surface area contributed by atoms with E-state index in [0.717, 1.165) is 5.69 Å². The molecule has 0 unspecified atom stereocenters. The zero-order chi connectivity index (χ0) is 13.2. The van der Waals surface area contributed by atoms with Crippen molar-refractivity contribution in [2.75, 3.05) is 5.75 Å². The van der Waals surface area contributed by atoms with Crippen molar-refractivity contribution in [1.82, 2.24) is 9.78 Å². The largest absolute Gasteiger partial charge is 0.480 e. The molecule has 1 rings (SSSR count). The number of aromatic nitrogens is 2. The van der Waals surface area contributed by atoms with Crippen LogP contribution in [0, 0.1) is 0 Å². The first-order chi connectivity index (χ1) is 7.76. The van der Waals surface area contributed by atoms with Crippen LogP contribution in [0.3, 0.4) is 0 Å². The molecular weight excluding hydrogens is 312 g/mol. The van der Waals surface area contributed by atoms with Crippen molar-refractivity contribution < 1.29 is 18.3 Å². The third-order valence-corrected chi connectivity index (χ3v) is 4.52.